The van der Waals surface area contributed by atoms with E-state index in [4.69, 9.17) is 4.74 Å². The Labute approximate surface area is 68.9 Å². The highest BCUT2D eigenvalue weighted by atomic mass is 16.5. The number of ether oxygens (including phenoxy) is 1. The van der Waals surface area contributed by atoms with Crippen LogP contribution in [0.5, 0.6) is 0 Å². The molecule has 2 heteroatoms. The fourth-order valence-electron chi connectivity index (χ4n) is 0.965. The van der Waals surface area contributed by atoms with E-state index in [1.807, 2.05) is 13.8 Å². The van der Waals surface area contributed by atoms with Crippen LogP contribution < -0.4 is 0 Å². The second-order valence-electron chi connectivity index (χ2n) is 3.40. The third-order valence-corrected chi connectivity index (χ3v) is 1.70. The highest BCUT2D eigenvalue weighted by Crippen LogP contribution is 2.17. The van der Waals surface area contributed by atoms with Gasteiger partial charge < -0.3 is 4.74 Å². The van der Waals surface area contributed by atoms with Gasteiger partial charge in [0.1, 0.15) is 5.60 Å². The van der Waals surface area contributed by atoms with Crippen molar-refractivity contribution < 1.29 is 9.53 Å². The second kappa shape index (κ2) is 5.16. The van der Waals surface area contributed by atoms with Crippen LogP contribution >= 0.6 is 0 Å². The van der Waals surface area contributed by atoms with E-state index in [1.54, 1.807) is 0 Å². The Hall–Kier alpha value is -0.530. The lowest BCUT2D eigenvalue weighted by molar-refractivity contribution is 0.0774. The van der Waals surface area contributed by atoms with Gasteiger partial charge in [0.2, 0.25) is 0 Å². The van der Waals surface area contributed by atoms with Crippen LogP contribution in [0.4, 0.5) is 0 Å². The Morgan fingerprint density at radius 2 is 2.00 bits per heavy atom. The molecule has 0 bridgehead atoms. The fraction of sp³-hybridized carbons (Fsp3) is 0.889. The van der Waals surface area contributed by atoms with Crippen LogP contribution in [0.2, 0.25) is 0 Å². The highest BCUT2D eigenvalue weighted by Gasteiger charge is 2.17. The molecule has 0 heterocycles. The molecule has 0 aromatic rings. The molecule has 1 radical (unpaired) electrons. The molecule has 0 N–H and O–H groups in total. The normalized spacial score (nSPS) is 11.2. The number of rotatable bonds is 6. The van der Waals surface area contributed by atoms with E-state index < -0.39 is 0 Å². The van der Waals surface area contributed by atoms with Crippen molar-refractivity contribution >= 4 is 6.47 Å². The SMILES string of the molecule is CCCCCC(C)(C)O[C]=O. The average molecular weight is 157 g/mol. The quantitative estimate of drug-likeness (QED) is 0.553. The van der Waals surface area contributed by atoms with Gasteiger partial charge in [0.05, 0.1) is 0 Å². The van der Waals surface area contributed by atoms with Crippen LogP contribution in [0.25, 0.3) is 0 Å². The highest BCUT2D eigenvalue weighted by molar-refractivity contribution is 5.39. The first-order chi connectivity index (χ1) is 5.12. The molecule has 0 spiro atoms. The monoisotopic (exact) mass is 157 g/mol. The molecule has 0 saturated carbocycles. The van der Waals surface area contributed by atoms with Crippen molar-refractivity contribution in [3.05, 3.63) is 0 Å². The third-order valence-electron chi connectivity index (χ3n) is 1.70. The summed E-state index contributed by atoms with van der Waals surface area (Å²) < 4.78 is 4.77. The van der Waals surface area contributed by atoms with Gasteiger partial charge >= 0.3 is 6.47 Å². The lowest BCUT2D eigenvalue weighted by atomic mass is 10.0. The van der Waals surface area contributed by atoms with Gasteiger partial charge in [0.15, 0.2) is 0 Å². The van der Waals surface area contributed by atoms with Crippen LogP contribution in [0.15, 0.2) is 0 Å². The van der Waals surface area contributed by atoms with Crippen LogP contribution in [0, 0.1) is 0 Å². The first kappa shape index (κ1) is 10.5. The van der Waals surface area contributed by atoms with Crippen molar-refractivity contribution in [2.75, 3.05) is 0 Å². The molecule has 0 rings (SSSR count). The predicted octanol–water partition coefficient (Wildman–Crippen LogP) is 2.43. The maximum absolute atomic E-state index is 9.91. The largest absolute Gasteiger partial charge is 0.451 e. The number of hydrogen-bond acceptors (Lipinski definition) is 2. The van der Waals surface area contributed by atoms with E-state index in [1.165, 1.54) is 19.3 Å². The zero-order valence-electron chi connectivity index (χ0n) is 7.64. The molecule has 2 nitrogen and oxygen atoms in total. The molecular weight excluding hydrogens is 140 g/mol. The maximum Gasteiger partial charge on any atom is 0.418 e. The van der Waals surface area contributed by atoms with Gasteiger partial charge in [-0.3, -0.25) is 0 Å². The Balaban J connectivity index is 3.45. The number of unbranched alkanes of at least 4 members (excludes halogenated alkanes) is 2. The predicted molar refractivity (Wildman–Crippen MR) is 45.0 cm³/mol. The first-order valence-electron chi connectivity index (χ1n) is 4.17. The van der Waals surface area contributed by atoms with Gasteiger partial charge in [0.25, 0.3) is 0 Å². The molecule has 0 atom stereocenters. The molecule has 0 aromatic carbocycles. The standard InChI is InChI=1S/C9H17O2/c1-4-5-6-7-9(2,3)11-8-10/h4-7H2,1-3H3. The summed E-state index contributed by atoms with van der Waals surface area (Å²) >= 11 is 0. The Morgan fingerprint density at radius 3 is 2.45 bits per heavy atom. The van der Waals surface area contributed by atoms with Crippen LogP contribution in [-0.4, -0.2) is 12.1 Å². The van der Waals surface area contributed by atoms with E-state index in [-0.39, 0.29) is 5.60 Å². The smallest absolute Gasteiger partial charge is 0.418 e. The second-order valence-corrected chi connectivity index (χ2v) is 3.40. The summed E-state index contributed by atoms with van der Waals surface area (Å²) in [5.74, 6) is 0. The summed E-state index contributed by atoms with van der Waals surface area (Å²) in [6.07, 6.45) is 4.44. The van der Waals surface area contributed by atoms with Gasteiger partial charge in [-0.2, -0.15) is 0 Å². The third kappa shape index (κ3) is 5.89. The lowest BCUT2D eigenvalue weighted by Crippen LogP contribution is -2.23. The van der Waals surface area contributed by atoms with Crippen molar-refractivity contribution in [1.29, 1.82) is 0 Å². The van der Waals surface area contributed by atoms with Gasteiger partial charge in [-0.25, -0.2) is 4.79 Å². The molecule has 0 saturated heterocycles. The minimum Gasteiger partial charge on any atom is -0.451 e. The maximum atomic E-state index is 9.91. The van der Waals surface area contributed by atoms with E-state index >= 15 is 0 Å². The van der Waals surface area contributed by atoms with Crippen LogP contribution in [0.1, 0.15) is 46.5 Å². The summed E-state index contributed by atoms with van der Waals surface area (Å²) in [5, 5.41) is 0. The van der Waals surface area contributed by atoms with Crippen molar-refractivity contribution in [2.24, 2.45) is 0 Å². The van der Waals surface area contributed by atoms with Gasteiger partial charge in [0, 0.05) is 0 Å². The summed E-state index contributed by atoms with van der Waals surface area (Å²) in [6.45, 7) is 7.46. The van der Waals surface area contributed by atoms with E-state index in [2.05, 4.69) is 6.92 Å². The van der Waals surface area contributed by atoms with Gasteiger partial charge in [-0.05, 0) is 26.7 Å². The zero-order valence-corrected chi connectivity index (χ0v) is 7.64. The number of carbonyl (C=O) groups excluding carboxylic acids is 1. The van der Waals surface area contributed by atoms with E-state index in [0.29, 0.717) is 0 Å². The molecule has 0 aliphatic carbocycles. The summed E-state index contributed by atoms with van der Waals surface area (Å²) in [7, 11) is 0. The van der Waals surface area contributed by atoms with E-state index in [9.17, 15) is 4.79 Å². The fourth-order valence-corrected chi connectivity index (χ4v) is 0.965. The summed E-state index contributed by atoms with van der Waals surface area (Å²) in [6, 6.07) is 0. The van der Waals surface area contributed by atoms with E-state index in [0.717, 1.165) is 12.8 Å². The Morgan fingerprint density at radius 1 is 1.36 bits per heavy atom. The number of hydrogen-bond donors (Lipinski definition) is 0. The summed E-state index contributed by atoms with van der Waals surface area (Å²) in [4.78, 5) is 9.91. The molecule has 11 heavy (non-hydrogen) atoms. The first-order valence-corrected chi connectivity index (χ1v) is 4.17. The summed E-state index contributed by atoms with van der Waals surface area (Å²) in [5.41, 5.74) is -0.322. The molecule has 65 valence electrons. The Kier molecular flexibility index (Phi) is 4.92. The molecule has 0 aliphatic heterocycles. The molecule has 0 unspecified atom stereocenters. The van der Waals surface area contributed by atoms with Gasteiger partial charge in [-0.15, -0.1) is 0 Å². The topological polar surface area (TPSA) is 26.3 Å². The molecule has 0 aliphatic rings. The van der Waals surface area contributed by atoms with Crippen LogP contribution in [0.3, 0.4) is 0 Å². The minimum absolute atomic E-state index is 0.322. The molecular formula is C9H17O2. The molecule has 0 aromatic heterocycles. The lowest BCUT2D eigenvalue weighted by Gasteiger charge is -2.21. The minimum atomic E-state index is -0.322. The zero-order chi connectivity index (χ0) is 8.74. The Bertz CT molecular complexity index is 108. The molecule has 0 fully saturated rings. The van der Waals surface area contributed by atoms with Gasteiger partial charge in [-0.1, -0.05) is 19.8 Å². The van der Waals surface area contributed by atoms with Crippen molar-refractivity contribution in [2.45, 2.75) is 52.1 Å². The van der Waals surface area contributed by atoms with Crippen LogP contribution in [-0.2, 0) is 9.53 Å². The molecule has 0 amide bonds. The van der Waals surface area contributed by atoms with Crippen molar-refractivity contribution in [3.8, 4) is 0 Å². The van der Waals surface area contributed by atoms with Crippen molar-refractivity contribution in [1.82, 2.24) is 0 Å². The average Bonchev–Trinajstić information content (AvgIpc) is 1.87. The van der Waals surface area contributed by atoms with Crippen molar-refractivity contribution in [3.63, 3.8) is 0 Å².